The van der Waals surface area contributed by atoms with Gasteiger partial charge in [-0.1, -0.05) is 60.1 Å². The van der Waals surface area contributed by atoms with Crippen LogP contribution >= 0.6 is 11.6 Å². The van der Waals surface area contributed by atoms with Crippen molar-refractivity contribution in [1.82, 2.24) is 9.80 Å². The number of piperidine rings is 2. The number of carbonyl (C=O) groups excluding carboxylic acids is 1. The van der Waals surface area contributed by atoms with Crippen molar-refractivity contribution < 1.29 is 22.7 Å². The van der Waals surface area contributed by atoms with Crippen molar-refractivity contribution in [3.8, 4) is 5.75 Å². The summed E-state index contributed by atoms with van der Waals surface area (Å²) < 4.78 is 46.2. The summed E-state index contributed by atoms with van der Waals surface area (Å²) in [7, 11) is 0. The largest absolute Gasteiger partial charge is 0.489 e. The third kappa shape index (κ3) is 8.12. The standard InChI is InChI=1S/C33H36ClF3N2O2/c34-30-21-26(31(40)20-24-12-16-38(17-13-24)22-25-6-2-1-3-7-25)10-11-32(30)41-28-14-18-39(19-15-28)23-27-8-4-5-9-29(27)33(35,36)37/h1-11,21,24,28H,12-20,22-23H2. The van der Waals surface area contributed by atoms with Crippen molar-refractivity contribution in [2.75, 3.05) is 26.2 Å². The zero-order valence-electron chi connectivity index (χ0n) is 23.1. The van der Waals surface area contributed by atoms with E-state index in [4.69, 9.17) is 16.3 Å². The number of ketones is 1. The Bertz CT molecular complexity index is 1300. The van der Waals surface area contributed by atoms with Crippen molar-refractivity contribution in [2.45, 2.75) is 57.5 Å². The number of carbonyl (C=O) groups is 1. The first-order valence-corrected chi connectivity index (χ1v) is 14.8. The van der Waals surface area contributed by atoms with Crippen LogP contribution in [0, 0.1) is 5.92 Å². The molecule has 0 bridgehead atoms. The zero-order valence-corrected chi connectivity index (χ0v) is 23.8. The van der Waals surface area contributed by atoms with Crippen molar-refractivity contribution in [3.63, 3.8) is 0 Å². The number of hydrogen-bond acceptors (Lipinski definition) is 4. The van der Waals surface area contributed by atoms with Gasteiger partial charge in [0.15, 0.2) is 5.78 Å². The predicted octanol–water partition coefficient (Wildman–Crippen LogP) is 7.89. The molecular weight excluding hydrogens is 549 g/mol. The van der Waals surface area contributed by atoms with E-state index in [1.807, 2.05) is 11.0 Å². The molecule has 0 radical (unpaired) electrons. The van der Waals surface area contributed by atoms with Crippen LogP contribution in [0.15, 0.2) is 72.8 Å². The molecule has 0 aromatic heterocycles. The molecule has 0 unspecified atom stereocenters. The van der Waals surface area contributed by atoms with Gasteiger partial charge in [0.25, 0.3) is 0 Å². The summed E-state index contributed by atoms with van der Waals surface area (Å²) in [4.78, 5) is 17.5. The number of likely N-dealkylation sites (tertiary alicyclic amines) is 2. The Morgan fingerprint density at radius 2 is 1.46 bits per heavy atom. The maximum Gasteiger partial charge on any atom is 0.416 e. The second-order valence-electron chi connectivity index (χ2n) is 11.2. The molecule has 218 valence electrons. The highest BCUT2D eigenvalue weighted by Crippen LogP contribution is 2.34. The fraction of sp³-hybridized carbons (Fsp3) is 0.424. The number of rotatable bonds is 9. The van der Waals surface area contributed by atoms with E-state index in [1.54, 1.807) is 30.3 Å². The Hall–Kier alpha value is -2.87. The van der Waals surface area contributed by atoms with E-state index in [1.165, 1.54) is 11.6 Å². The van der Waals surface area contributed by atoms with Crippen LogP contribution in [0.25, 0.3) is 0 Å². The number of ether oxygens (including phenoxy) is 1. The first kappa shape index (κ1) is 29.6. The van der Waals surface area contributed by atoms with Crippen LogP contribution in [-0.2, 0) is 19.3 Å². The third-order valence-electron chi connectivity index (χ3n) is 8.23. The first-order chi connectivity index (χ1) is 19.7. The molecule has 3 aromatic carbocycles. The number of nitrogens with zero attached hydrogens (tertiary/aromatic N) is 2. The van der Waals surface area contributed by atoms with Gasteiger partial charge in [-0.3, -0.25) is 14.6 Å². The van der Waals surface area contributed by atoms with E-state index < -0.39 is 11.7 Å². The normalized spacial score (nSPS) is 18.0. The van der Waals surface area contributed by atoms with E-state index in [2.05, 4.69) is 29.2 Å². The summed E-state index contributed by atoms with van der Waals surface area (Å²) in [5.74, 6) is 1.02. The van der Waals surface area contributed by atoms with Gasteiger partial charge in [-0.25, -0.2) is 0 Å². The minimum absolute atomic E-state index is 0.0794. The molecule has 5 rings (SSSR count). The van der Waals surface area contributed by atoms with Crippen LogP contribution in [-0.4, -0.2) is 47.9 Å². The Labute approximate surface area is 245 Å². The van der Waals surface area contributed by atoms with Gasteiger partial charge < -0.3 is 4.74 Å². The lowest BCUT2D eigenvalue weighted by Crippen LogP contribution is -2.38. The molecule has 2 heterocycles. The highest BCUT2D eigenvalue weighted by Gasteiger charge is 2.33. The van der Waals surface area contributed by atoms with E-state index >= 15 is 0 Å². The van der Waals surface area contributed by atoms with Crippen LogP contribution in [0.2, 0.25) is 5.02 Å². The smallest absolute Gasteiger partial charge is 0.416 e. The predicted molar refractivity (Wildman–Crippen MR) is 155 cm³/mol. The number of Topliss-reactive ketones (excluding diaryl/α,β-unsaturated/α-hetero) is 1. The molecule has 0 saturated carbocycles. The Morgan fingerprint density at radius 1 is 0.829 bits per heavy atom. The lowest BCUT2D eigenvalue weighted by atomic mass is 9.89. The summed E-state index contributed by atoms with van der Waals surface area (Å²) in [6, 6.07) is 21.5. The van der Waals surface area contributed by atoms with Gasteiger partial charge in [-0.05, 0) is 80.1 Å². The number of halogens is 4. The van der Waals surface area contributed by atoms with Gasteiger partial charge >= 0.3 is 6.18 Å². The molecule has 2 aliphatic rings. The third-order valence-corrected chi connectivity index (χ3v) is 8.52. The van der Waals surface area contributed by atoms with Gasteiger partial charge in [0, 0.05) is 38.2 Å². The quantitative estimate of drug-likeness (QED) is 0.239. The number of benzene rings is 3. The number of alkyl halides is 3. The van der Waals surface area contributed by atoms with E-state index in [9.17, 15) is 18.0 Å². The van der Waals surface area contributed by atoms with Gasteiger partial charge in [-0.2, -0.15) is 13.2 Å². The molecule has 8 heteroatoms. The van der Waals surface area contributed by atoms with Crippen LogP contribution in [0.5, 0.6) is 5.75 Å². The van der Waals surface area contributed by atoms with Crippen LogP contribution in [0.4, 0.5) is 13.2 Å². The Balaban J connectivity index is 1.07. The summed E-state index contributed by atoms with van der Waals surface area (Å²) in [5.41, 5.74) is 1.64. The lowest BCUT2D eigenvalue weighted by Gasteiger charge is -2.33. The van der Waals surface area contributed by atoms with Crippen LogP contribution in [0.1, 0.15) is 59.2 Å². The molecule has 2 fully saturated rings. The highest BCUT2D eigenvalue weighted by molar-refractivity contribution is 6.32. The Kier molecular flexibility index (Phi) is 9.68. The Morgan fingerprint density at radius 3 is 2.15 bits per heavy atom. The van der Waals surface area contributed by atoms with E-state index in [-0.39, 0.29) is 18.4 Å². The average Bonchev–Trinajstić information content (AvgIpc) is 2.96. The zero-order chi connectivity index (χ0) is 28.8. The van der Waals surface area contributed by atoms with Crippen molar-refractivity contribution in [2.24, 2.45) is 5.92 Å². The molecule has 0 aliphatic carbocycles. The minimum atomic E-state index is -4.36. The highest BCUT2D eigenvalue weighted by atomic mass is 35.5. The van der Waals surface area contributed by atoms with Crippen molar-refractivity contribution in [1.29, 1.82) is 0 Å². The molecule has 41 heavy (non-hydrogen) atoms. The second-order valence-corrected chi connectivity index (χ2v) is 11.6. The molecule has 0 atom stereocenters. The van der Waals surface area contributed by atoms with Gasteiger partial charge in [0.05, 0.1) is 10.6 Å². The van der Waals surface area contributed by atoms with Crippen LogP contribution < -0.4 is 4.74 Å². The van der Waals surface area contributed by atoms with Gasteiger partial charge in [0.2, 0.25) is 0 Å². The summed E-state index contributed by atoms with van der Waals surface area (Å²) in [6.45, 7) is 4.46. The maximum atomic E-state index is 13.3. The fourth-order valence-corrected chi connectivity index (χ4v) is 6.11. The molecule has 2 saturated heterocycles. The SMILES string of the molecule is O=C(CC1CCN(Cc2ccccc2)CC1)c1ccc(OC2CCN(Cc3ccccc3C(F)(F)F)CC2)c(Cl)c1. The first-order valence-electron chi connectivity index (χ1n) is 14.4. The molecule has 0 N–H and O–H groups in total. The summed E-state index contributed by atoms with van der Waals surface area (Å²) in [5, 5.41) is 0.412. The van der Waals surface area contributed by atoms with Crippen molar-refractivity contribution >= 4 is 17.4 Å². The fourth-order valence-electron chi connectivity index (χ4n) is 5.88. The molecule has 3 aromatic rings. The van der Waals surface area contributed by atoms with Gasteiger partial charge in [0.1, 0.15) is 11.9 Å². The number of hydrogen-bond donors (Lipinski definition) is 0. The molecule has 0 amide bonds. The van der Waals surface area contributed by atoms with E-state index in [0.717, 1.165) is 38.5 Å². The average molecular weight is 585 g/mol. The second kappa shape index (κ2) is 13.4. The molecule has 0 spiro atoms. The van der Waals surface area contributed by atoms with Crippen LogP contribution in [0.3, 0.4) is 0 Å². The van der Waals surface area contributed by atoms with Gasteiger partial charge in [-0.15, -0.1) is 0 Å². The van der Waals surface area contributed by atoms with E-state index in [0.29, 0.717) is 60.2 Å². The molecule has 2 aliphatic heterocycles. The lowest BCUT2D eigenvalue weighted by molar-refractivity contribution is -0.138. The summed E-state index contributed by atoms with van der Waals surface area (Å²) >= 11 is 6.53. The maximum absolute atomic E-state index is 13.3. The molecular formula is C33H36ClF3N2O2. The summed E-state index contributed by atoms with van der Waals surface area (Å²) in [6.07, 6.45) is -0.525. The van der Waals surface area contributed by atoms with Crippen molar-refractivity contribution in [3.05, 3.63) is 100 Å². The monoisotopic (exact) mass is 584 g/mol. The minimum Gasteiger partial charge on any atom is -0.489 e. The molecule has 4 nitrogen and oxygen atoms in total. The topological polar surface area (TPSA) is 32.8 Å².